The lowest BCUT2D eigenvalue weighted by atomic mass is 9.94. The van der Waals surface area contributed by atoms with E-state index in [2.05, 4.69) is 11.2 Å². The molecule has 1 aromatic carbocycles. The van der Waals surface area contributed by atoms with E-state index in [0.717, 1.165) is 4.90 Å². The van der Waals surface area contributed by atoms with Gasteiger partial charge in [-0.05, 0) is 25.0 Å². The minimum Gasteiger partial charge on any atom is -0.339 e. The Hall–Kier alpha value is -2.00. The molecule has 1 N–H and O–H groups in total. The first kappa shape index (κ1) is 17.1. The molecule has 0 spiro atoms. The van der Waals surface area contributed by atoms with Crippen LogP contribution in [0, 0.1) is 22.5 Å². The fourth-order valence-electron chi connectivity index (χ4n) is 1.78. The zero-order chi connectivity index (χ0) is 15.9. The maximum atomic E-state index is 11.9. The summed E-state index contributed by atoms with van der Waals surface area (Å²) in [6.45, 7) is 3.88. The Morgan fingerprint density at radius 2 is 1.95 bits per heavy atom. The number of hydrogen-bond acceptors (Lipinski definition) is 4. The van der Waals surface area contributed by atoms with Crippen molar-refractivity contribution in [3.05, 3.63) is 34.4 Å². The second-order valence-electron chi connectivity index (χ2n) is 4.52. The van der Waals surface area contributed by atoms with Gasteiger partial charge < -0.3 is 5.32 Å². The van der Waals surface area contributed by atoms with Crippen molar-refractivity contribution in [3.63, 3.8) is 0 Å². The molecule has 0 aliphatic carbocycles. The number of amides is 1. The maximum Gasteiger partial charge on any atom is 0.269 e. The topological polar surface area (TPSA) is 72.2 Å². The van der Waals surface area contributed by atoms with Gasteiger partial charge in [0.05, 0.1) is 10.7 Å². The number of hydrogen-bond donors (Lipinski definition) is 1. The highest BCUT2D eigenvalue weighted by Gasteiger charge is 2.25. The zero-order valence-corrected chi connectivity index (χ0v) is 12.9. The molecule has 0 bridgehead atoms. The smallest absolute Gasteiger partial charge is 0.269 e. The van der Waals surface area contributed by atoms with Gasteiger partial charge in [0, 0.05) is 17.0 Å². The van der Waals surface area contributed by atoms with Crippen LogP contribution in [0.5, 0.6) is 0 Å². The average Bonchev–Trinajstić information content (AvgIpc) is 2.51. The van der Waals surface area contributed by atoms with Gasteiger partial charge in [0.25, 0.3) is 5.69 Å². The molecule has 0 aliphatic rings. The summed E-state index contributed by atoms with van der Waals surface area (Å²) in [4.78, 5) is 22.8. The van der Waals surface area contributed by atoms with E-state index in [0.29, 0.717) is 12.8 Å². The van der Waals surface area contributed by atoms with Crippen molar-refractivity contribution in [3.8, 4) is 12.3 Å². The molecule has 0 aromatic heterocycles. The average molecular weight is 306 g/mol. The van der Waals surface area contributed by atoms with E-state index < -0.39 is 10.5 Å². The first-order valence-electron chi connectivity index (χ1n) is 6.62. The van der Waals surface area contributed by atoms with E-state index in [4.69, 9.17) is 6.42 Å². The van der Waals surface area contributed by atoms with Gasteiger partial charge >= 0.3 is 0 Å². The number of carbonyl (C=O) groups is 1. The van der Waals surface area contributed by atoms with Crippen LogP contribution in [0.1, 0.15) is 26.7 Å². The number of nitro groups is 1. The highest BCUT2D eigenvalue weighted by atomic mass is 32.2. The second-order valence-corrected chi connectivity index (χ2v) is 5.57. The van der Waals surface area contributed by atoms with Gasteiger partial charge in [-0.3, -0.25) is 14.9 Å². The standard InChI is InChI=1S/C15H18N2O3S/c1-4-15(5-2,6-3)16-14(18)11-21-13-9-7-12(8-10-13)17(19)20/h1,7-10H,5-6,11H2,2-3H3,(H,16,18). The Morgan fingerprint density at radius 1 is 1.38 bits per heavy atom. The van der Waals surface area contributed by atoms with E-state index in [9.17, 15) is 14.9 Å². The van der Waals surface area contributed by atoms with Crippen molar-refractivity contribution < 1.29 is 9.72 Å². The predicted octanol–water partition coefficient (Wildman–Crippen LogP) is 3.00. The van der Waals surface area contributed by atoms with Gasteiger partial charge in [-0.25, -0.2) is 0 Å². The van der Waals surface area contributed by atoms with Gasteiger partial charge in [0.2, 0.25) is 5.91 Å². The maximum absolute atomic E-state index is 11.9. The highest BCUT2D eigenvalue weighted by molar-refractivity contribution is 8.00. The summed E-state index contributed by atoms with van der Waals surface area (Å²) >= 11 is 1.32. The van der Waals surface area contributed by atoms with Crippen LogP contribution in [0.15, 0.2) is 29.2 Å². The molecule has 5 nitrogen and oxygen atoms in total. The molecule has 112 valence electrons. The van der Waals surface area contributed by atoms with Gasteiger partial charge in [0.15, 0.2) is 0 Å². The largest absolute Gasteiger partial charge is 0.339 e. The van der Waals surface area contributed by atoms with Gasteiger partial charge in [0.1, 0.15) is 5.54 Å². The van der Waals surface area contributed by atoms with Crippen molar-refractivity contribution >= 4 is 23.4 Å². The van der Waals surface area contributed by atoms with E-state index >= 15 is 0 Å². The first-order chi connectivity index (χ1) is 9.96. The van der Waals surface area contributed by atoms with Crippen LogP contribution in [0.25, 0.3) is 0 Å². The minimum atomic E-state index is -0.590. The number of non-ortho nitro benzene ring substituents is 1. The van der Waals surface area contributed by atoms with E-state index in [1.54, 1.807) is 12.1 Å². The van der Waals surface area contributed by atoms with Gasteiger partial charge in [-0.15, -0.1) is 18.2 Å². The summed E-state index contributed by atoms with van der Waals surface area (Å²) < 4.78 is 0. The van der Waals surface area contributed by atoms with Crippen molar-refractivity contribution in [2.75, 3.05) is 5.75 Å². The van der Waals surface area contributed by atoms with Crippen LogP contribution in [0.4, 0.5) is 5.69 Å². The summed E-state index contributed by atoms with van der Waals surface area (Å²) in [5.74, 6) is 2.73. The van der Waals surface area contributed by atoms with Crippen LogP contribution >= 0.6 is 11.8 Å². The number of rotatable bonds is 7. The van der Waals surface area contributed by atoms with E-state index in [1.165, 1.54) is 23.9 Å². The lowest BCUT2D eigenvalue weighted by molar-refractivity contribution is -0.384. The molecular weight excluding hydrogens is 288 g/mol. The Bertz CT molecular complexity index is 545. The molecule has 0 saturated carbocycles. The molecule has 0 atom stereocenters. The Morgan fingerprint density at radius 3 is 2.38 bits per heavy atom. The first-order valence-corrected chi connectivity index (χ1v) is 7.61. The summed E-state index contributed by atoms with van der Waals surface area (Å²) in [5.41, 5.74) is -0.556. The summed E-state index contributed by atoms with van der Waals surface area (Å²) in [6.07, 6.45) is 6.84. The monoisotopic (exact) mass is 306 g/mol. The third kappa shape index (κ3) is 4.80. The summed E-state index contributed by atoms with van der Waals surface area (Å²) in [6, 6.07) is 6.10. The van der Waals surface area contributed by atoms with Gasteiger partial charge in [-0.2, -0.15) is 0 Å². The number of nitro benzene ring substituents is 1. The lowest BCUT2D eigenvalue weighted by Gasteiger charge is -2.26. The van der Waals surface area contributed by atoms with Crippen molar-refractivity contribution in [2.45, 2.75) is 37.1 Å². The normalized spacial score (nSPS) is 10.7. The fraction of sp³-hybridized carbons (Fsp3) is 0.400. The molecule has 1 aromatic rings. The number of terminal acetylenes is 1. The second kappa shape index (κ2) is 7.70. The molecule has 0 heterocycles. The molecule has 6 heteroatoms. The summed E-state index contributed by atoms with van der Waals surface area (Å²) in [7, 11) is 0. The summed E-state index contributed by atoms with van der Waals surface area (Å²) in [5, 5.41) is 13.4. The quantitative estimate of drug-likeness (QED) is 0.364. The van der Waals surface area contributed by atoms with E-state index in [-0.39, 0.29) is 17.3 Å². The van der Waals surface area contributed by atoms with Crippen LogP contribution < -0.4 is 5.32 Å². The molecule has 1 amide bonds. The predicted molar refractivity (Wildman–Crippen MR) is 84.1 cm³/mol. The number of nitrogens with zero attached hydrogens (tertiary/aromatic N) is 1. The lowest BCUT2D eigenvalue weighted by Crippen LogP contribution is -2.47. The third-order valence-corrected chi connectivity index (χ3v) is 4.29. The molecule has 0 unspecified atom stereocenters. The number of thioether (sulfide) groups is 1. The van der Waals surface area contributed by atoms with Crippen molar-refractivity contribution in [1.82, 2.24) is 5.32 Å². The van der Waals surface area contributed by atoms with Gasteiger partial charge in [-0.1, -0.05) is 19.8 Å². The fourth-order valence-corrected chi connectivity index (χ4v) is 2.48. The zero-order valence-electron chi connectivity index (χ0n) is 12.1. The van der Waals surface area contributed by atoms with Crippen molar-refractivity contribution in [2.24, 2.45) is 0 Å². The number of benzene rings is 1. The Kier molecular flexibility index (Phi) is 6.25. The van der Waals surface area contributed by atoms with Crippen LogP contribution in [0.2, 0.25) is 0 Å². The molecule has 0 aliphatic heterocycles. The Balaban J connectivity index is 2.57. The molecule has 0 saturated heterocycles. The SMILES string of the molecule is C#CC(CC)(CC)NC(=O)CSc1ccc([N+](=O)[O-])cc1. The molecule has 0 fully saturated rings. The van der Waals surface area contributed by atoms with Crippen molar-refractivity contribution in [1.29, 1.82) is 0 Å². The molecule has 0 radical (unpaired) electrons. The van der Waals surface area contributed by atoms with E-state index in [1.807, 2.05) is 13.8 Å². The van der Waals surface area contributed by atoms with Crippen LogP contribution in [-0.2, 0) is 4.79 Å². The minimum absolute atomic E-state index is 0.0344. The highest BCUT2D eigenvalue weighted by Crippen LogP contribution is 2.22. The number of nitrogens with one attached hydrogen (secondary N) is 1. The Labute approximate surface area is 128 Å². The number of carbonyl (C=O) groups excluding carboxylic acids is 1. The van der Waals surface area contributed by atoms with Crippen LogP contribution in [0.3, 0.4) is 0 Å². The molecular formula is C15H18N2O3S. The molecule has 21 heavy (non-hydrogen) atoms. The van der Waals surface area contributed by atoms with Crippen LogP contribution in [-0.4, -0.2) is 22.1 Å². The third-order valence-electron chi connectivity index (χ3n) is 3.28. The molecule has 1 rings (SSSR count).